The number of thioether (sulfide) groups is 1. The predicted octanol–water partition coefficient (Wildman–Crippen LogP) is 9.05. The van der Waals surface area contributed by atoms with Gasteiger partial charge in [-0.25, -0.2) is 0 Å². The normalized spacial score (nSPS) is 22.3. The molecule has 2 heterocycles. The molecule has 4 nitrogen and oxygen atoms in total. The summed E-state index contributed by atoms with van der Waals surface area (Å²) in [5, 5.41) is 7.83. The van der Waals surface area contributed by atoms with Gasteiger partial charge in [-0.1, -0.05) is 55.1 Å². The van der Waals surface area contributed by atoms with Crippen LogP contribution >= 0.6 is 39.3 Å². The van der Waals surface area contributed by atoms with Crippen molar-refractivity contribution in [2.75, 3.05) is 16.4 Å². The lowest BCUT2D eigenvalue weighted by atomic mass is 9.92. The number of pyridine rings is 1. The number of anilines is 2. The fourth-order valence-electron chi connectivity index (χ4n) is 5.97. The Labute approximate surface area is 247 Å². The van der Waals surface area contributed by atoms with E-state index >= 15 is 0 Å². The number of allylic oxidation sites excluding steroid dienone is 2. The number of benzene rings is 2. The third-order valence-electron chi connectivity index (χ3n) is 8.06. The van der Waals surface area contributed by atoms with E-state index in [1.165, 1.54) is 5.56 Å². The summed E-state index contributed by atoms with van der Waals surface area (Å²) >= 11 is 11.5. The van der Waals surface area contributed by atoms with Gasteiger partial charge < -0.3 is 10.6 Å². The van der Waals surface area contributed by atoms with Gasteiger partial charge in [-0.3, -0.25) is 9.78 Å². The Kier molecular flexibility index (Phi) is 6.77. The van der Waals surface area contributed by atoms with E-state index in [9.17, 15) is 4.79 Å². The Bertz CT molecular complexity index is 1600. The first-order chi connectivity index (χ1) is 18.7. The van der Waals surface area contributed by atoms with Crippen LogP contribution in [0, 0.1) is 12.8 Å². The Morgan fingerprint density at radius 3 is 2.87 bits per heavy atom. The highest BCUT2D eigenvalue weighted by molar-refractivity contribution is 9.10. The van der Waals surface area contributed by atoms with Crippen molar-refractivity contribution in [3.63, 3.8) is 0 Å². The van der Waals surface area contributed by atoms with Gasteiger partial charge in [-0.15, -0.1) is 11.8 Å². The molecule has 0 bridgehead atoms. The minimum absolute atomic E-state index is 0.0297. The summed E-state index contributed by atoms with van der Waals surface area (Å²) in [7, 11) is 0. The summed E-state index contributed by atoms with van der Waals surface area (Å²) in [4.78, 5) is 19.5. The lowest BCUT2D eigenvalue weighted by Crippen LogP contribution is -2.25. The van der Waals surface area contributed by atoms with Crippen molar-refractivity contribution in [2.45, 2.75) is 43.0 Å². The molecule has 7 heteroatoms. The Morgan fingerprint density at radius 2 is 2.13 bits per heavy atom. The number of carbonyl (C=O) groups excluding carboxylic acids is 1. The molecule has 2 N–H and O–H groups in total. The van der Waals surface area contributed by atoms with Gasteiger partial charge >= 0.3 is 0 Å². The van der Waals surface area contributed by atoms with Crippen molar-refractivity contribution in [3.8, 4) is 0 Å². The summed E-state index contributed by atoms with van der Waals surface area (Å²) in [6.45, 7) is 12.1. The van der Waals surface area contributed by atoms with Gasteiger partial charge in [0, 0.05) is 43.7 Å². The molecule has 3 aromatic rings. The van der Waals surface area contributed by atoms with E-state index in [2.05, 4.69) is 70.9 Å². The molecular formula is C32H29BrClN3OS. The number of fused-ring (bicyclic) bond motifs is 4. The molecule has 1 saturated carbocycles. The topological polar surface area (TPSA) is 54.0 Å². The van der Waals surface area contributed by atoms with Crippen LogP contribution in [0.1, 0.15) is 59.2 Å². The average molecular weight is 619 g/mol. The van der Waals surface area contributed by atoms with Crippen molar-refractivity contribution in [2.24, 2.45) is 5.92 Å². The molecule has 0 radical (unpaired) electrons. The van der Waals surface area contributed by atoms with Crippen LogP contribution in [-0.4, -0.2) is 16.6 Å². The van der Waals surface area contributed by atoms with Gasteiger partial charge in [-0.05, 0) is 83.4 Å². The van der Waals surface area contributed by atoms with E-state index in [0.717, 1.165) is 67.1 Å². The SMILES string of the molecule is C=Cc1cnc2c(c1C(=C)C)SCC2C(=O)Nc1c(C)ccc2c1C=CCC1CC21Nc1ccc(Cl)c(Br)c1. The van der Waals surface area contributed by atoms with Crippen LogP contribution in [-0.2, 0) is 10.3 Å². The van der Waals surface area contributed by atoms with E-state index in [-0.39, 0.29) is 17.4 Å². The molecule has 1 amide bonds. The summed E-state index contributed by atoms with van der Waals surface area (Å²) in [6.07, 6.45) is 10.0. The molecule has 39 heavy (non-hydrogen) atoms. The van der Waals surface area contributed by atoms with Gasteiger partial charge in [0.05, 0.1) is 27.9 Å². The zero-order valence-electron chi connectivity index (χ0n) is 21.9. The maximum atomic E-state index is 13.8. The number of aromatic nitrogens is 1. The van der Waals surface area contributed by atoms with E-state index < -0.39 is 0 Å². The van der Waals surface area contributed by atoms with Crippen LogP contribution < -0.4 is 10.6 Å². The van der Waals surface area contributed by atoms with Crippen LogP contribution in [0.5, 0.6) is 0 Å². The molecule has 2 aromatic carbocycles. The predicted molar refractivity (Wildman–Crippen MR) is 169 cm³/mol. The number of carbonyl (C=O) groups is 1. The van der Waals surface area contributed by atoms with Crippen LogP contribution in [0.25, 0.3) is 17.7 Å². The highest BCUT2D eigenvalue weighted by Crippen LogP contribution is 2.59. The van der Waals surface area contributed by atoms with Crippen molar-refractivity contribution in [1.82, 2.24) is 4.98 Å². The third-order valence-corrected chi connectivity index (χ3v) is 10.5. The van der Waals surface area contributed by atoms with Gasteiger partial charge in [0.2, 0.25) is 5.91 Å². The largest absolute Gasteiger partial charge is 0.375 e. The average Bonchev–Trinajstić information content (AvgIpc) is 3.45. The Hall–Kier alpha value is -2.80. The van der Waals surface area contributed by atoms with Crippen LogP contribution in [0.4, 0.5) is 11.4 Å². The summed E-state index contributed by atoms with van der Waals surface area (Å²) in [5.74, 6) is 0.771. The fourth-order valence-corrected chi connectivity index (χ4v) is 7.89. The summed E-state index contributed by atoms with van der Waals surface area (Å²) < 4.78 is 0.866. The lowest BCUT2D eigenvalue weighted by molar-refractivity contribution is -0.117. The molecule has 1 aromatic heterocycles. The number of aryl methyl sites for hydroxylation is 1. The zero-order valence-corrected chi connectivity index (χ0v) is 25.1. The minimum atomic E-state index is -0.334. The molecule has 3 aliphatic rings. The van der Waals surface area contributed by atoms with E-state index in [1.807, 2.05) is 31.3 Å². The highest BCUT2D eigenvalue weighted by atomic mass is 79.9. The van der Waals surface area contributed by atoms with Gasteiger partial charge in [0.25, 0.3) is 0 Å². The maximum Gasteiger partial charge on any atom is 0.234 e. The first-order valence-electron chi connectivity index (χ1n) is 13.0. The van der Waals surface area contributed by atoms with Crippen molar-refractivity contribution in [3.05, 3.63) is 98.8 Å². The summed E-state index contributed by atoms with van der Waals surface area (Å²) in [5.41, 5.74) is 8.82. The number of hydrogen-bond donors (Lipinski definition) is 2. The van der Waals surface area contributed by atoms with Gasteiger partial charge in [0.1, 0.15) is 0 Å². The molecule has 0 spiro atoms. The van der Waals surface area contributed by atoms with Crippen LogP contribution in [0.3, 0.4) is 0 Å². The number of nitrogens with zero attached hydrogens (tertiary/aromatic N) is 1. The molecule has 1 aliphatic heterocycles. The first-order valence-corrected chi connectivity index (χ1v) is 15.2. The molecule has 198 valence electrons. The second kappa shape index (κ2) is 9.99. The number of hydrogen-bond acceptors (Lipinski definition) is 4. The quantitative estimate of drug-likeness (QED) is 0.289. The standard InChI is InChI=1S/C32H29BrClN3OS/c1-5-19-15-35-29-23(16-39-30(29)27(19)17(2)3)31(38)36-28-18(4)9-11-24-22(28)8-6-7-20-14-32(20,24)37-21-10-12-26(34)25(33)13-21/h5-6,8-13,15,20,23,37H,1-2,7,14,16H2,3-4H3,(H,36,38). The number of amides is 1. The van der Waals surface area contributed by atoms with Crippen molar-refractivity contribution < 1.29 is 4.79 Å². The molecule has 3 unspecified atom stereocenters. The van der Waals surface area contributed by atoms with Crippen LogP contribution in [0.15, 0.2) is 65.1 Å². The smallest absolute Gasteiger partial charge is 0.234 e. The van der Waals surface area contributed by atoms with E-state index in [1.54, 1.807) is 17.8 Å². The molecular weight excluding hydrogens is 590 g/mol. The third kappa shape index (κ3) is 4.47. The molecule has 3 atom stereocenters. The number of rotatable bonds is 6. The molecule has 1 fully saturated rings. The number of nitrogens with one attached hydrogen (secondary N) is 2. The molecule has 0 saturated heterocycles. The monoisotopic (exact) mass is 617 g/mol. The summed E-state index contributed by atoms with van der Waals surface area (Å²) in [6, 6.07) is 10.3. The Morgan fingerprint density at radius 1 is 1.31 bits per heavy atom. The van der Waals surface area contributed by atoms with Gasteiger partial charge in [-0.2, -0.15) is 0 Å². The Balaban J connectivity index is 1.34. The second-order valence-corrected chi connectivity index (χ2v) is 12.9. The number of halogens is 2. The van der Waals surface area contributed by atoms with Crippen molar-refractivity contribution in [1.29, 1.82) is 0 Å². The molecule has 2 aliphatic carbocycles. The van der Waals surface area contributed by atoms with E-state index in [4.69, 9.17) is 16.6 Å². The van der Waals surface area contributed by atoms with Crippen molar-refractivity contribution >= 4 is 74.3 Å². The molecule has 6 rings (SSSR count). The first kappa shape index (κ1) is 26.4. The highest BCUT2D eigenvalue weighted by Gasteiger charge is 2.56. The maximum absolute atomic E-state index is 13.8. The minimum Gasteiger partial charge on any atom is -0.375 e. The zero-order chi connectivity index (χ0) is 27.5. The van der Waals surface area contributed by atoms with Gasteiger partial charge in [0.15, 0.2) is 0 Å². The lowest BCUT2D eigenvalue weighted by Gasteiger charge is -2.25. The van der Waals surface area contributed by atoms with E-state index in [0.29, 0.717) is 16.7 Å². The fraction of sp³-hybridized carbons (Fsp3) is 0.250. The van der Waals surface area contributed by atoms with Crippen LogP contribution in [0.2, 0.25) is 5.02 Å². The second-order valence-electron chi connectivity index (χ2n) is 10.6.